The van der Waals surface area contributed by atoms with Crippen LogP contribution >= 0.6 is 24.0 Å². The van der Waals surface area contributed by atoms with Gasteiger partial charge in [0.2, 0.25) is 0 Å². The second-order valence-electron chi connectivity index (χ2n) is 5.85. The molecule has 128 valence electrons. The first-order valence-corrected chi connectivity index (χ1v) is 9.36. The van der Waals surface area contributed by atoms with Gasteiger partial charge in [0.25, 0.3) is 5.91 Å². The topological polar surface area (TPSA) is 38.3 Å². The van der Waals surface area contributed by atoms with E-state index < -0.39 is 0 Å². The molecule has 0 atom stereocenters. The highest BCUT2D eigenvalue weighted by Gasteiger charge is 2.21. The van der Waals surface area contributed by atoms with E-state index in [-0.39, 0.29) is 5.91 Å². The Morgan fingerprint density at radius 3 is 2.54 bits per heavy atom. The number of hydrogen-bond acceptors (Lipinski definition) is 4. The van der Waals surface area contributed by atoms with Crippen molar-refractivity contribution in [2.75, 3.05) is 0 Å². The zero-order valence-corrected chi connectivity index (χ0v) is 15.4. The molecule has 0 saturated carbocycles. The number of nitrogens with one attached hydrogen (secondary N) is 1. The molecule has 1 N–H and O–H groups in total. The molecule has 3 aromatic rings. The summed E-state index contributed by atoms with van der Waals surface area (Å²) in [5, 5.41) is 5.03. The fourth-order valence-electron chi connectivity index (χ4n) is 2.81. The van der Waals surface area contributed by atoms with E-state index in [1.165, 1.54) is 22.5 Å². The molecule has 0 radical (unpaired) electrons. The molecule has 1 amide bonds. The monoisotopic (exact) mass is 377 g/mol. The van der Waals surface area contributed by atoms with E-state index in [0.717, 1.165) is 16.9 Å². The van der Waals surface area contributed by atoms with Gasteiger partial charge in [0, 0.05) is 0 Å². The highest BCUT2D eigenvalue weighted by atomic mass is 32.2. The molecule has 0 bridgehead atoms. The number of thioether (sulfide) groups is 1. The van der Waals surface area contributed by atoms with Crippen LogP contribution in [0.25, 0.3) is 16.8 Å². The first-order chi connectivity index (χ1) is 12.7. The van der Waals surface area contributed by atoms with Crippen LogP contribution in [0.4, 0.5) is 0 Å². The van der Waals surface area contributed by atoms with Crippen molar-refractivity contribution in [3.8, 4) is 5.75 Å². The minimum atomic E-state index is -0.142. The van der Waals surface area contributed by atoms with Crippen LogP contribution in [-0.2, 0) is 11.4 Å². The second-order valence-corrected chi connectivity index (χ2v) is 7.57. The molecule has 1 aliphatic rings. The molecule has 1 saturated heterocycles. The normalized spacial score (nSPS) is 15.5. The number of rotatable bonds is 4. The summed E-state index contributed by atoms with van der Waals surface area (Å²) in [5.74, 6) is 0.649. The largest absolute Gasteiger partial charge is 0.489 e. The van der Waals surface area contributed by atoms with Crippen molar-refractivity contribution in [2.24, 2.45) is 0 Å². The molecular formula is C21H15NO2S2. The maximum Gasteiger partial charge on any atom is 0.263 e. The Labute approximate surface area is 161 Å². The summed E-state index contributed by atoms with van der Waals surface area (Å²) in [5.41, 5.74) is 2.09. The van der Waals surface area contributed by atoms with Gasteiger partial charge in [-0.15, -0.1) is 0 Å². The smallest absolute Gasteiger partial charge is 0.263 e. The quantitative estimate of drug-likeness (QED) is 0.518. The van der Waals surface area contributed by atoms with Crippen LogP contribution in [-0.4, -0.2) is 10.2 Å². The Balaban J connectivity index is 1.47. The van der Waals surface area contributed by atoms with Gasteiger partial charge >= 0.3 is 0 Å². The van der Waals surface area contributed by atoms with Crippen LogP contribution in [0.15, 0.2) is 71.6 Å². The molecule has 0 spiro atoms. The fourth-order valence-corrected chi connectivity index (χ4v) is 3.86. The van der Waals surface area contributed by atoms with Crippen LogP contribution in [0, 0.1) is 0 Å². The van der Waals surface area contributed by atoms with E-state index in [0.29, 0.717) is 15.8 Å². The van der Waals surface area contributed by atoms with Gasteiger partial charge < -0.3 is 10.1 Å². The van der Waals surface area contributed by atoms with Gasteiger partial charge in [0.05, 0.1) is 4.91 Å². The van der Waals surface area contributed by atoms with Crippen molar-refractivity contribution >= 4 is 51.1 Å². The summed E-state index contributed by atoms with van der Waals surface area (Å²) in [6.45, 7) is 0.508. The average molecular weight is 377 g/mol. The van der Waals surface area contributed by atoms with Gasteiger partial charge in [-0.05, 0) is 40.1 Å². The van der Waals surface area contributed by atoms with Crippen molar-refractivity contribution < 1.29 is 9.53 Å². The number of carbonyl (C=O) groups excluding carboxylic acids is 1. The number of benzene rings is 3. The van der Waals surface area contributed by atoms with E-state index in [2.05, 4.69) is 29.6 Å². The van der Waals surface area contributed by atoms with Crippen LogP contribution in [0.3, 0.4) is 0 Å². The molecule has 0 aliphatic carbocycles. The third-order valence-electron chi connectivity index (χ3n) is 4.09. The van der Waals surface area contributed by atoms with Gasteiger partial charge in [0.1, 0.15) is 16.7 Å². The lowest BCUT2D eigenvalue weighted by Gasteiger charge is -2.09. The summed E-state index contributed by atoms with van der Waals surface area (Å²) in [7, 11) is 0. The molecule has 5 heteroatoms. The third kappa shape index (κ3) is 3.64. The number of fused-ring (bicyclic) bond motifs is 1. The molecule has 0 aromatic heterocycles. The maximum absolute atomic E-state index is 11.7. The molecular weight excluding hydrogens is 362 g/mol. The predicted molar refractivity (Wildman–Crippen MR) is 111 cm³/mol. The summed E-state index contributed by atoms with van der Waals surface area (Å²) >= 11 is 6.28. The van der Waals surface area contributed by atoms with Crippen molar-refractivity contribution in [3.05, 3.63) is 82.8 Å². The Bertz CT molecular complexity index is 1020. The average Bonchev–Trinajstić information content (AvgIpc) is 2.98. The zero-order chi connectivity index (χ0) is 17.9. The fraction of sp³-hybridized carbons (Fsp3) is 0.0476. The summed E-state index contributed by atoms with van der Waals surface area (Å²) in [4.78, 5) is 12.3. The van der Waals surface area contributed by atoms with Crippen LogP contribution < -0.4 is 10.1 Å². The predicted octanol–water partition coefficient (Wildman–Crippen LogP) is 4.91. The summed E-state index contributed by atoms with van der Waals surface area (Å²) in [6.07, 6.45) is 1.83. The van der Waals surface area contributed by atoms with Gasteiger partial charge in [-0.25, -0.2) is 0 Å². The van der Waals surface area contributed by atoms with E-state index >= 15 is 0 Å². The number of ether oxygens (including phenoxy) is 1. The van der Waals surface area contributed by atoms with Gasteiger partial charge in [0.15, 0.2) is 0 Å². The number of hydrogen-bond donors (Lipinski definition) is 1. The van der Waals surface area contributed by atoms with Gasteiger partial charge in [-0.3, -0.25) is 4.79 Å². The number of thiocarbonyl (C=S) groups is 1. The standard InChI is InChI=1S/C21H15NO2S2/c23-20-19(26-21(25)22-20)12-14-8-10-17(11-9-14)24-13-16-6-3-5-15-4-1-2-7-18(15)16/h1-12H,13H2,(H,22,23,25)/b19-12+. The molecule has 0 unspecified atom stereocenters. The van der Waals surface area contributed by atoms with Crippen molar-refractivity contribution in [1.29, 1.82) is 0 Å². The Kier molecular flexibility index (Phi) is 4.73. The second kappa shape index (κ2) is 7.32. The third-order valence-corrected chi connectivity index (χ3v) is 5.26. The van der Waals surface area contributed by atoms with E-state index in [1.54, 1.807) is 0 Å². The van der Waals surface area contributed by atoms with Gasteiger partial charge in [-0.1, -0.05) is 78.6 Å². The molecule has 1 fully saturated rings. The Morgan fingerprint density at radius 2 is 1.77 bits per heavy atom. The molecule has 1 aliphatic heterocycles. The highest BCUT2D eigenvalue weighted by molar-refractivity contribution is 8.26. The maximum atomic E-state index is 11.7. The van der Waals surface area contributed by atoms with E-state index in [9.17, 15) is 4.79 Å². The van der Waals surface area contributed by atoms with Crippen molar-refractivity contribution in [2.45, 2.75) is 6.61 Å². The lowest BCUT2D eigenvalue weighted by atomic mass is 10.1. The van der Waals surface area contributed by atoms with Crippen LogP contribution in [0.2, 0.25) is 0 Å². The van der Waals surface area contributed by atoms with Crippen LogP contribution in [0.5, 0.6) is 5.75 Å². The number of carbonyl (C=O) groups is 1. The van der Waals surface area contributed by atoms with Gasteiger partial charge in [-0.2, -0.15) is 0 Å². The first-order valence-electron chi connectivity index (χ1n) is 8.13. The van der Waals surface area contributed by atoms with Crippen molar-refractivity contribution in [1.82, 2.24) is 5.32 Å². The summed E-state index contributed by atoms with van der Waals surface area (Å²) in [6, 6.07) is 22.2. The molecule has 3 nitrogen and oxygen atoms in total. The van der Waals surface area contributed by atoms with E-state index in [4.69, 9.17) is 17.0 Å². The lowest BCUT2D eigenvalue weighted by molar-refractivity contribution is -0.115. The molecule has 26 heavy (non-hydrogen) atoms. The molecule has 4 rings (SSSR count). The highest BCUT2D eigenvalue weighted by Crippen LogP contribution is 2.27. The minimum Gasteiger partial charge on any atom is -0.489 e. The van der Waals surface area contributed by atoms with E-state index in [1.807, 2.05) is 48.5 Å². The SMILES string of the molecule is O=C1NC(=S)S/C1=C/c1ccc(OCc2cccc3ccccc23)cc1. The van der Waals surface area contributed by atoms with Crippen LogP contribution in [0.1, 0.15) is 11.1 Å². The Morgan fingerprint density at radius 1 is 1.00 bits per heavy atom. The molecule has 1 heterocycles. The van der Waals surface area contributed by atoms with Crippen molar-refractivity contribution in [3.63, 3.8) is 0 Å². The zero-order valence-electron chi connectivity index (χ0n) is 13.8. The lowest BCUT2D eigenvalue weighted by Crippen LogP contribution is -2.17. The molecule has 3 aromatic carbocycles. The Hall–Kier alpha value is -2.63. The number of amides is 1. The first kappa shape index (κ1) is 16.8. The minimum absolute atomic E-state index is 0.142. The summed E-state index contributed by atoms with van der Waals surface area (Å²) < 4.78 is 6.43.